The van der Waals surface area contributed by atoms with Crippen molar-refractivity contribution in [1.82, 2.24) is 9.55 Å². The molecule has 0 spiro atoms. The number of hydrogen-bond acceptors (Lipinski definition) is 4. The zero-order valence-corrected chi connectivity index (χ0v) is 12.2. The monoisotopic (exact) mass is 287 g/mol. The van der Waals surface area contributed by atoms with Gasteiger partial charge in [0.25, 0.3) is 5.56 Å². The van der Waals surface area contributed by atoms with Gasteiger partial charge in [-0.1, -0.05) is 6.07 Å². The minimum absolute atomic E-state index is 0.0926. The Kier molecular flexibility index (Phi) is 4.37. The molecule has 2 rings (SSSR count). The van der Waals surface area contributed by atoms with Crippen LogP contribution in [0.2, 0.25) is 0 Å². The first kappa shape index (κ1) is 14.8. The number of amides is 1. The average Bonchev–Trinajstić information content (AvgIpc) is 2.44. The van der Waals surface area contributed by atoms with Gasteiger partial charge in [-0.05, 0) is 31.5 Å². The molecular weight excluding hydrogens is 270 g/mol. The second-order valence-electron chi connectivity index (χ2n) is 4.76. The van der Waals surface area contributed by atoms with E-state index in [2.05, 4.69) is 10.3 Å². The first-order chi connectivity index (χ1) is 10.0. The van der Waals surface area contributed by atoms with Crippen molar-refractivity contribution in [3.63, 3.8) is 0 Å². The highest BCUT2D eigenvalue weighted by molar-refractivity contribution is 5.92. The highest BCUT2D eigenvalue weighted by Crippen LogP contribution is 2.25. The van der Waals surface area contributed by atoms with Gasteiger partial charge in [0.15, 0.2) is 0 Å². The number of aryl methyl sites for hydroxylation is 2. The quantitative estimate of drug-likeness (QED) is 0.925. The molecule has 1 aromatic heterocycles. The first-order valence-electron chi connectivity index (χ1n) is 6.47. The number of carbonyl (C=O) groups excluding carboxylic acids is 1. The van der Waals surface area contributed by atoms with Crippen LogP contribution >= 0.6 is 0 Å². The second kappa shape index (κ2) is 6.21. The maximum atomic E-state index is 12.1. The molecule has 21 heavy (non-hydrogen) atoms. The Labute approximate surface area is 122 Å². The molecular formula is C15H17N3O3. The Hall–Kier alpha value is -2.63. The van der Waals surface area contributed by atoms with E-state index in [-0.39, 0.29) is 18.0 Å². The molecule has 6 heteroatoms. The molecule has 6 nitrogen and oxygen atoms in total. The van der Waals surface area contributed by atoms with Gasteiger partial charge in [0.05, 0.1) is 19.1 Å². The Balaban J connectivity index is 2.17. The lowest BCUT2D eigenvalue weighted by molar-refractivity contribution is -0.116. The van der Waals surface area contributed by atoms with Crippen molar-refractivity contribution in [2.24, 2.45) is 0 Å². The van der Waals surface area contributed by atoms with Gasteiger partial charge in [-0.15, -0.1) is 0 Å². The van der Waals surface area contributed by atoms with Crippen LogP contribution < -0.4 is 15.6 Å². The molecule has 0 saturated heterocycles. The van der Waals surface area contributed by atoms with Crippen molar-refractivity contribution in [2.45, 2.75) is 20.4 Å². The van der Waals surface area contributed by atoms with E-state index in [0.29, 0.717) is 17.0 Å². The van der Waals surface area contributed by atoms with Crippen LogP contribution in [0.1, 0.15) is 11.1 Å². The maximum absolute atomic E-state index is 12.1. The average molecular weight is 287 g/mol. The van der Waals surface area contributed by atoms with Crippen molar-refractivity contribution in [3.05, 3.63) is 52.2 Å². The van der Waals surface area contributed by atoms with Crippen LogP contribution in [-0.4, -0.2) is 22.6 Å². The Morgan fingerprint density at radius 2 is 2.14 bits per heavy atom. The molecule has 1 N–H and O–H groups in total. The molecule has 0 bridgehead atoms. The minimum Gasteiger partial charge on any atom is -0.495 e. The fourth-order valence-corrected chi connectivity index (χ4v) is 1.94. The van der Waals surface area contributed by atoms with E-state index in [1.165, 1.54) is 24.2 Å². The van der Waals surface area contributed by atoms with Crippen molar-refractivity contribution >= 4 is 11.6 Å². The summed E-state index contributed by atoms with van der Waals surface area (Å²) in [7, 11) is 1.54. The van der Waals surface area contributed by atoms with Gasteiger partial charge >= 0.3 is 0 Å². The predicted molar refractivity (Wildman–Crippen MR) is 79.6 cm³/mol. The van der Waals surface area contributed by atoms with Crippen molar-refractivity contribution in [3.8, 4) is 5.75 Å². The molecule has 0 aliphatic heterocycles. The summed E-state index contributed by atoms with van der Waals surface area (Å²) < 4.78 is 6.47. The van der Waals surface area contributed by atoms with E-state index < -0.39 is 0 Å². The number of ether oxygens (including phenoxy) is 1. The van der Waals surface area contributed by atoms with Crippen LogP contribution in [0.15, 0.2) is 35.5 Å². The fourth-order valence-electron chi connectivity index (χ4n) is 1.94. The van der Waals surface area contributed by atoms with E-state index in [1.54, 1.807) is 13.0 Å². The van der Waals surface area contributed by atoms with E-state index in [1.807, 2.05) is 19.1 Å². The number of rotatable bonds is 4. The molecule has 0 aliphatic carbocycles. The number of hydrogen-bond donors (Lipinski definition) is 1. The zero-order chi connectivity index (χ0) is 15.4. The summed E-state index contributed by atoms with van der Waals surface area (Å²) in [5.74, 6) is 0.261. The largest absolute Gasteiger partial charge is 0.495 e. The molecule has 2 aromatic rings. The lowest BCUT2D eigenvalue weighted by Crippen LogP contribution is -2.28. The normalized spacial score (nSPS) is 10.2. The van der Waals surface area contributed by atoms with Crippen LogP contribution in [0.25, 0.3) is 0 Å². The number of aromatic nitrogens is 2. The Bertz CT molecular complexity index is 722. The third-order valence-corrected chi connectivity index (χ3v) is 3.02. The maximum Gasteiger partial charge on any atom is 0.256 e. The fraction of sp³-hybridized carbons (Fsp3) is 0.267. The van der Waals surface area contributed by atoms with Gasteiger partial charge in [0, 0.05) is 11.8 Å². The molecule has 1 amide bonds. The summed E-state index contributed by atoms with van der Waals surface area (Å²) >= 11 is 0. The van der Waals surface area contributed by atoms with Crippen molar-refractivity contribution in [2.75, 3.05) is 12.4 Å². The Morgan fingerprint density at radius 3 is 2.86 bits per heavy atom. The second-order valence-corrected chi connectivity index (χ2v) is 4.76. The van der Waals surface area contributed by atoms with E-state index >= 15 is 0 Å². The van der Waals surface area contributed by atoms with E-state index in [9.17, 15) is 9.59 Å². The zero-order valence-electron chi connectivity index (χ0n) is 12.2. The molecule has 0 atom stereocenters. The lowest BCUT2D eigenvalue weighted by atomic mass is 10.2. The standard InChI is InChI=1S/C15H17N3O3/c1-10-4-5-13(21-3)12(6-10)17-14(19)8-18-9-16-7-11(2)15(18)20/h4-7,9H,8H2,1-3H3,(H,17,19). The molecule has 0 aliphatic rings. The van der Waals surface area contributed by atoms with Gasteiger partial charge in [0.1, 0.15) is 12.3 Å². The SMILES string of the molecule is COc1ccc(C)cc1NC(=O)Cn1cncc(C)c1=O. The number of carbonyl (C=O) groups is 1. The van der Waals surface area contributed by atoms with E-state index in [0.717, 1.165) is 5.56 Å². The summed E-state index contributed by atoms with van der Waals surface area (Å²) in [6.07, 6.45) is 2.82. The van der Waals surface area contributed by atoms with Crippen LogP contribution in [0, 0.1) is 13.8 Å². The minimum atomic E-state index is -0.312. The molecule has 0 saturated carbocycles. The number of nitrogens with zero attached hydrogens (tertiary/aromatic N) is 2. The summed E-state index contributed by atoms with van der Waals surface area (Å²) in [4.78, 5) is 27.8. The van der Waals surface area contributed by atoms with E-state index in [4.69, 9.17) is 4.74 Å². The summed E-state index contributed by atoms with van der Waals surface area (Å²) in [6.45, 7) is 3.49. The van der Waals surface area contributed by atoms with Crippen molar-refractivity contribution in [1.29, 1.82) is 0 Å². The van der Waals surface area contributed by atoms with Crippen LogP contribution in [0.5, 0.6) is 5.75 Å². The third kappa shape index (κ3) is 3.47. The van der Waals surface area contributed by atoms with Crippen LogP contribution in [-0.2, 0) is 11.3 Å². The number of methoxy groups -OCH3 is 1. The first-order valence-corrected chi connectivity index (χ1v) is 6.47. The predicted octanol–water partition coefficient (Wildman–Crippen LogP) is 1.51. The Morgan fingerprint density at radius 1 is 1.38 bits per heavy atom. The van der Waals surface area contributed by atoms with Gasteiger partial charge in [-0.25, -0.2) is 4.98 Å². The third-order valence-electron chi connectivity index (χ3n) is 3.02. The van der Waals surface area contributed by atoms with Gasteiger partial charge in [-0.2, -0.15) is 0 Å². The highest BCUT2D eigenvalue weighted by atomic mass is 16.5. The molecule has 0 unspecified atom stereocenters. The van der Waals surface area contributed by atoms with Gasteiger partial charge in [0.2, 0.25) is 5.91 Å². The van der Waals surface area contributed by atoms with Crippen LogP contribution in [0.3, 0.4) is 0 Å². The molecule has 1 aromatic carbocycles. The van der Waals surface area contributed by atoms with Crippen LogP contribution in [0.4, 0.5) is 5.69 Å². The van der Waals surface area contributed by atoms with Crippen molar-refractivity contribution < 1.29 is 9.53 Å². The molecule has 1 heterocycles. The number of nitrogens with one attached hydrogen (secondary N) is 1. The molecule has 110 valence electrons. The summed E-state index contributed by atoms with van der Waals surface area (Å²) in [5.41, 5.74) is 1.85. The van der Waals surface area contributed by atoms with Gasteiger partial charge < -0.3 is 10.1 Å². The number of anilines is 1. The molecule has 0 radical (unpaired) electrons. The summed E-state index contributed by atoms with van der Waals surface area (Å²) in [6, 6.07) is 5.49. The topological polar surface area (TPSA) is 73.2 Å². The lowest BCUT2D eigenvalue weighted by Gasteiger charge is -2.11. The summed E-state index contributed by atoms with van der Waals surface area (Å²) in [5, 5.41) is 2.75. The highest BCUT2D eigenvalue weighted by Gasteiger charge is 2.10. The number of benzene rings is 1. The smallest absolute Gasteiger partial charge is 0.256 e. The molecule has 0 fully saturated rings. The van der Waals surface area contributed by atoms with Gasteiger partial charge in [-0.3, -0.25) is 14.2 Å².